The van der Waals surface area contributed by atoms with E-state index in [1.165, 1.54) is 5.56 Å². The molecule has 2 aliphatic rings. The van der Waals surface area contributed by atoms with Crippen LogP contribution in [0.2, 0.25) is 0 Å². The predicted molar refractivity (Wildman–Crippen MR) is 82.6 cm³/mol. The Morgan fingerprint density at radius 1 is 1.14 bits per heavy atom. The molecule has 108 valence electrons. The zero-order chi connectivity index (χ0) is 14.2. The van der Waals surface area contributed by atoms with E-state index in [2.05, 4.69) is 50.5 Å². The van der Waals surface area contributed by atoms with Crippen LogP contribution >= 0.6 is 0 Å². The van der Waals surface area contributed by atoms with E-state index in [0.717, 1.165) is 37.3 Å². The van der Waals surface area contributed by atoms with Crippen LogP contribution in [0.1, 0.15) is 5.56 Å². The van der Waals surface area contributed by atoms with Gasteiger partial charge in [0.25, 0.3) is 0 Å². The standard InChI is InChI=1S/C16H19N5/c17-16-18-7-6-14(20-16)19-15-12-9-21(10-13(12)15)8-11-4-2-1-3-5-11/h1-7,12-13,15H,8-10H2,(H3,17,18,19,20). The van der Waals surface area contributed by atoms with Gasteiger partial charge in [-0.25, -0.2) is 4.98 Å². The summed E-state index contributed by atoms with van der Waals surface area (Å²) >= 11 is 0. The van der Waals surface area contributed by atoms with Gasteiger partial charge in [-0.2, -0.15) is 4.98 Å². The SMILES string of the molecule is Nc1nccc(NC2C3CN(Cc4ccccc4)CC32)n1. The second kappa shape index (κ2) is 5.00. The van der Waals surface area contributed by atoms with Gasteiger partial charge in [-0.15, -0.1) is 0 Å². The van der Waals surface area contributed by atoms with Crippen LogP contribution in [0.15, 0.2) is 42.6 Å². The summed E-state index contributed by atoms with van der Waals surface area (Å²) in [5, 5.41) is 3.49. The summed E-state index contributed by atoms with van der Waals surface area (Å²) in [6, 6.07) is 13.1. The number of rotatable bonds is 4. The third-order valence-corrected chi connectivity index (χ3v) is 4.51. The fraction of sp³-hybridized carbons (Fsp3) is 0.375. The Morgan fingerprint density at radius 3 is 2.62 bits per heavy atom. The number of piperidine rings is 1. The molecule has 2 aromatic rings. The number of nitrogen functional groups attached to an aromatic ring is 1. The summed E-state index contributed by atoms with van der Waals surface area (Å²) < 4.78 is 0. The van der Waals surface area contributed by atoms with Gasteiger partial charge in [0.1, 0.15) is 5.82 Å². The van der Waals surface area contributed by atoms with Crippen molar-refractivity contribution in [3.8, 4) is 0 Å². The van der Waals surface area contributed by atoms with Crippen molar-refractivity contribution in [3.05, 3.63) is 48.2 Å². The minimum Gasteiger partial charge on any atom is -0.368 e. The van der Waals surface area contributed by atoms with E-state index in [9.17, 15) is 0 Å². The summed E-state index contributed by atoms with van der Waals surface area (Å²) in [4.78, 5) is 10.7. The van der Waals surface area contributed by atoms with E-state index in [1.54, 1.807) is 6.20 Å². The fourth-order valence-electron chi connectivity index (χ4n) is 3.42. The minimum atomic E-state index is 0.330. The van der Waals surface area contributed by atoms with E-state index < -0.39 is 0 Å². The van der Waals surface area contributed by atoms with Gasteiger partial charge >= 0.3 is 0 Å². The first-order chi connectivity index (χ1) is 10.3. The first-order valence-corrected chi connectivity index (χ1v) is 7.41. The number of anilines is 2. The number of hydrogen-bond acceptors (Lipinski definition) is 5. The summed E-state index contributed by atoms with van der Waals surface area (Å²) in [5.74, 6) is 2.66. The number of aromatic nitrogens is 2. The molecule has 21 heavy (non-hydrogen) atoms. The highest BCUT2D eigenvalue weighted by Gasteiger charge is 2.55. The zero-order valence-electron chi connectivity index (χ0n) is 11.8. The summed E-state index contributed by atoms with van der Waals surface area (Å²) in [6.45, 7) is 3.39. The third kappa shape index (κ3) is 2.56. The van der Waals surface area contributed by atoms with Crippen molar-refractivity contribution >= 4 is 11.8 Å². The Balaban J connectivity index is 1.31. The van der Waals surface area contributed by atoms with Crippen molar-refractivity contribution in [2.24, 2.45) is 11.8 Å². The molecule has 0 amide bonds. The molecule has 2 unspecified atom stereocenters. The van der Waals surface area contributed by atoms with Gasteiger partial charge in [-0.05, 0) is 23.5 Å². The van der Waals surface area contributed by atoms with Crippen molar-refractivity contribution in [3.63, 3.8) is 0 Å². The van der Waals surface area contributed by atoms with Crippen molar-refractivity contribution < 1.29 is 0 Å². The van der Waals surface area contributed by atoms with Crippen LogP contribution in [0, 0.1) is 11.8 Å². The van der Waals surface area contributed by atoms with Crippen LogP contribution in [-0.2, 0) is 6.54 Å². The molecule has 3 N–H and O–H groups in total. The maximum absolute atomic E-state index is 5.61. The van der Waals surface area contributed by atoms with Gasteiger partial charge in [-0.3, -0.25) is 4.90 Å². The summed E-state index contributed by atoms with van der Waals surface area (Å²) in [7, 11) is 0. The molecule has 1 saturated heterocycles. The molecule has 5 nitrogen and oxygen atoms in total. The molecule has 1 aliphatic heterocycles. The lowest BCUT2D eigenvalue weighted by Crippen LogP contribution is -2.27. The topological polar surface area (TPSA) is 67.1 Å². The second-order valence-corrected chi connectivity index (χ2v) is 5.98. The van der Waals surface area contributed by atoms with Gasteiger partial charge in [0.05, 0.1) is 0 Å². The highest BCUT2D eigenvalue weighted by atomic mass is 15.2. The molecule has 1 aliphatic carbocycles. The molecular formula is C16H19N5. The minimum absolute atomic E-state index is 0.330. The van der Waals surface area contributed by atoms with Crippen molar-refractivity contribution in [2.75, 3.05) is 24.1 Å². The number of hydrogen-bond donors (Lipinski definition) is 2. The van der Waals surface area contributed by atoms with Crippen LogP contribution in [0.25, 0.3) is 0 Å². The maximum atomic E-state index is 5.61. The second-order valence-electron chi connectivity index (χ2n) is 5.98. The quantitative estimate of drug-likeness (QED) is 0.891. The Bertz CT molecular complexity index is 618. The number of fused-ring (bicyclic) bond motifs is 1. The van der Waals surface area contributed by atoms with Crippen LogP contribution < -0.4 is 11.1 Å². The van der Waals surface area contributed by atoms with Gasteiger partial charge in [-0.1, -0.05) is 30.3 Å². The normalized spacial score (nSPS) is 27.3. The molecule has 2 fully saturated rings. The first kappa shape index (κ1) is 12.6. The lowest BCUT2D eigenvalue weighted by Gasteiger charge is -2.20. The molecule has 0 spiro atoms. The molecule has 2 heterocycles. The van der Waals surface area contributed by atoms with Crippen molar-refractivity contribution in [1.29, 1.82) is 0 Å². The highest BCUT2D eigenvalue weighted by Crippen LogP contribution is 2.47. The zero-order valence-corrected chi connectivity index (χ0v) is 11.8. The monoisotopic (exact) mass is 281 g/mol. The number of nitrogens with two attached hydrogens (primary N) is 1. The Morgan fingerprint density at radius 2 is 1.90 bits per heavy atom. The molecule has 4 rings (SSSR count). The van der Waals surface area contributed by atoms with Crippen molar-refractivity contribution in [2.45, 2.75) is 12.6 Å². The van der Waals surface area contributed by atoms with E-state index >= 15 is 0 Å². The van der Waals surface area contributed by atoms with Crippen LogP contribution in [0.3, 0.4) is 0 Å². The van der Waals surface area contributed by atoms with Gasteiger partial charge in [0.15, 0.2) is 0 Å². The largest absolute Gasteiger partial charge is 0.368 e. The summed E-state index contributed by atoms with van der Waals surface area (Å²) in [6.07, 6.45) is 1.70. The van der Waals surface area contributed by atoms with Crippen LogP contribution in [0.5, 0.6) is 0 Å². The number of benzene rings is 1. The average Bonchev–Trinajstić information content (AvgIpc) is 2.94. The van der Waals surface area contributed by atoms with Crippen molar-refractivity contribution in [1.82, 2.24) is 14.9 Å². The maximum Gasteiger partial charge on any atom is 0.221 e. The lowest BCUT2D eigenvalue weighted by atomic mass is 10.2. The van der Waals surface area contributed by atoms with Gasteiger partial charge in [0.2, 0.25) is 5.95 Å². The van der Waals surface area contributed by atoms with E-state index in [4.69, 9.17) is 5.73 Å². The molecule has 1 aromatic carbocycles. The number of nitrogens with one attached hydrogen (secondary N) is 1. The lowest BCUT2D eigenvalue weighted by molar-refractivity contribution is 0.292. The van der Waals surface area contributed by atoms with E-state index in [0.29, 0.717) is 12.0 Å². The molecule has 0 radical (unpaired) electrons. The number of likely N-dealkylation sites (tertiary alicyclic amines) is 1. The molecule has 1 saturated carbocycles. The Kier molecular flexibility index (Phi) is 3.00. The molecular weight excluding hydrogens is 262 g/mol. The van der Waals surface area contributed by atoms with E-state index in [1.807, 2.05) is 6.07 Å². The molecule has 0 bridgehead atoms. The van der Waals surface area contributed by atoms with Crippen LogP contribution in [-0.4, -0.2) is 34.0 Å². The fourth-order valence-corrected chi connectivity index (χ4v) is 3.42. The predicted octanol–water partition coefficient (Wildman–Crippen LogP) is 1.60. The third-order valence-electron chi connectivity index (χ3n) is 4.51. The van der Waals surface area contributed by atoms with Gasteiger partial charge in [0, 0.05) is 31.9 Å². The molecule has 2 atom stereocenters. The Hall–Kier alpha value is -2.14. The number of nitrogens with zero attached hydrogens (tertiary/aromatic N) is 3. The Labute approximate surface area is 124 Å². The molecule has 5 heteroatoms. The van der Waals surface area contributed by atoms with Crippen LogP contribution in [0.4, 0.5) is 11.8 Å². The highest BCUT2D eigenvalue weighted by molar-refractivity contribution is 5.41. The average molecular weight is 281 g/mol. The van der Waals surface area contributed by atoms with Gasteiger partial charge < -0.3 is 11.1 Å². The first-order valence-electron chi connectivity index (χ1n) is 7.41. The molecule has 1 aromatic heterocycles. The van der Waals surface area contributed by atoms with E-state index in [-0.39, 0.29) is 0 Å². The summed E-state index contributed by atoms with van der Waals surface area (Å²) in [5.41, 5.74) is 7.00. The smallest absolute Gasteiger partial charge is 0.221 e.